The lowest BCUT2D eigenvalue weighted by Gasteiger charge is -2.36. The second-order valence-corrected chi connectivity index (χ2v) is 8.61. The largest absolute Gasteiger partial charge is 0.375 e. The van der Waals surface area contributed by atoms with Crippen LogP contribution in [0.2, 0.25) is 0 Å². The van der Waals surface area contributed by atoms with Gasteiger partial charge in [-0.3, -0.25) is 0 Å². The Morgan fingerprint density at radius 3 is 2.80 bits per heavy atom. The molecule has 0 bridgehead atoms. The number of sulfonamides is 1. The number of hydrogen-bond donors (Lipinski definition) is 0. The van der Waals surface area contributed by atoms with Crippen LogP contribution in [0.15, 0.2) is 10.3 Å². The second kappa shape index (κ2) is 6.32. The third kappa shape index (κ3) is 3.04. The second-order valence-electron chi connectivity index (χ2n) is 5.09. The van der Waals surface area contributed by atoms with E-state index < -0.39 is 10.0 Å². The van der Waals surface area contributed by atoms with Gasteiger partial charge < -0.3 is 4.74 Å². The Kier molecular flexibility index (Phi) is 5.13. The summed E-state index contributed by atoms with van der Waals surface area (Å²) >= 11 is 7.11. The lowest BCUT2D eigenvalue weighted by atomic mass is 10.2. The third-order valence-electron chi connectivity index (χ3n) is 3.57. The van der Waals surface area contributed by atoms with Crippen molar-refractivity contribution in [3.05, 3.63) is 16.5 Å². The molecule has 0 radical (unpaired) electrons. The standard InChI is InChI=1S/C13H20ClNO3S2/c1-4-11-8-18-10(3)7-15(11)20(16,17)13-5-9(2)12(6-14)19-13/h5,10-11H,4,6-8H2,1-3H3. The first-order valence-corrected chi connectivity index (χ1v) is 9.48. The number of morpholine rings is 1. The molecule has 1 aromatic heterocycles. The monoisotopic (exact) mass is 337 g/mol. The molecule has 1 saturated heterocycles. The molecule has 4 nitrogen and oxygen atoms in total. The minimum atomic E-state index is -3.45. The Labute approximate surface area is 129 Å². The van der Waals surface area contributed by atoms with Crippen LogP contribution >= 0.6 is 22.9 Å². The number of aryl methyl sites for hydroxylation is 1. The van der Waals surface area contributed by atoms with Crippen molar-refractivity contribution in [2.24, 2.45) is 0 Å². The summed E-state index contributed by atoms with van der Waals surface area (Å²) in [5.74, 6) is 0.350. The van der Waals surface area contributed by atoms with E-state index in [0.717, 1.165) is 16.9 Å². The summed E-state index contributed by atoms with van der Waals surface area (Å²) in [7, 11) is -3.45. The van der Waals surface area contributed by atoms with Gasteiger partial charge in [0.1, 0.15) is 4.21 Å². The molecule has 20 heavy (non-hydrogen) atoms. The first-order valence-electron chi connectivity index (χ1n) is 6.68. The quantitative estimate of drug-likeness (QED) is 0.793. The molecule has 7 heteroatoms. The van der Waals surface area contributed by atoms with Crippen molar-refractivity contribution < 1.29 is 13.2 Å². The first kappa shape index (κ1) is 16.2. The molecule has 0 saturated carbocycles. The molecule has 1 aliphatic rings. The van der Waals surface area contributed by atoms with Crippen LogP contribution in [0.5, 0.6) is 0 Å². The summed E-state index contributed by atoms with van der Waals surface area (Å²) in [5.41, 5.74) is 0.943. The minimum Gasteiger partial charge on any atom is -0.375 e. The molecule has 0 N–H and O–H groups in total. The summed E-state index contributed by atoms with van der Waals surface area (Å²) in [5, 5.41) is 0. The maximum atomic E-state index is 12.8. The molecule has 114 valence electrons. The van der Waals surface area contributed by atoms with Crippen molar-refractivity contribution in [1.29, 1.82) is 0 Å². The molecular formula is C13H20ClNO3S2. The molecule has 1 aliphatic heterocycles. The van der Waals surface area contributed by atoms with Gasteiger partial charge in [0.25, 0.3) is 10.0 Å². The number of ether oxygens (including phenoxy) is 1. The van der Waals surface area contributed by atoms with Gasteiger partial charge in [-0.05, 0) is 31.9 Å². The smallest absolute Gasteiger partial charge is 0.252 e. The van der Waals surface area contributed by atoms with E-state index in [4.69, 9.17) is 16.3 Å². The normalized spacial score (nSPS) is 25.0. The Morgan fingerprint density at radius 2 is 2.25 bits per heavy atom. The van der Waals surface area contributed by atoms with E-state index in [1.54, 1.807) is 10.4 Å². The highest BCUT2D eigenvalue weighted by atomic mass is 35.5. The molecule has 2 rings (SSSR count). The van der Waals surface area contributed by atoms with Crippen LogP contribution in [-0.2, 0) is 20.6 Å². The van der Waals surface area contributed by atoms with Crippen molar-refractivity contribution >= 4 is 33.0 Å². The van der Waals surface area contributed by atoms with E-state index >= 15 is 0 Å². The van der Waals surface area contributed by atoms with Crippen LogP contribution in [0, 0.1) is 6.92 Å². The van der Waals surface area contributed by atoms with Gasteiger partial charge in [0.05, 0.1) is 18.6 Å². The SMILES string of the molecule is CCC1COC(C)CN1S(=O)(=O)c1cc(C)c(CCl)s1. The number of nitrogens with zero attached hydrogens (tertiary/aromatic N) is 1. The van der Waals surface area contributed by atoms with Gasteiger partial charge in [0, 0.05) is 17.5 Å². The van der Waals surface area contributed by atoms with Crippen molar-refractivity contribution in [2.75, 3.05) is 13.2 Å². The third-order valence-corrected chi connectivity index (χ3v) is 7.60. The molecule has 0 amide bonds. The highest BCUT2D eigenvalue weighted by Crippen LogP contribution is 2.32. The Bertz CT molecular complexity index is 570. The summed E-state index contributed by atoms with van der Waals surface area (Å²) < 4.78 is 33.2. The van der Waals surface area contributed by atoms with Gasteiger partial charge in [-0.25, -0.2) is 8.42 Å². The van der Waals surface area contributed by atoms with Gasteiger partial charge >= 0.3 is 0 Å². The van der Waals surface area contributed by atoms with Crippen molar-refractivity contribution in [2.45, 2.75) is 49.4 Å². The highest BCUT2D eigenvalue weighted by Gasteiger charge is 2.36. The number of thiophene rings is 1. The van der Waals surface area contributed by atoms with Crippen molar-refractivity contribution in [3.8, 4) is 0 Å². The van der Waals surface area contributed by atoms with E-state index in [0.29, 0.717) is 23.2 Å². The predicted molar refractivity (Wildman–Crippen MR) is 82.0 cm³/mol. The average Bonchev–Trinajstić information content (AvgIpc) is 2.80. The predicted octanol–water partition coefficient (Wildman–Crippen LogP) is 2.98. The van der Waals surface area contributed by atoms with E-state index in [9.17, 15) is 8.42 Å². The van der Waals surface area contributed by atoms with Gasteiger partial charge in [0.2, 0.25) is 0 Å². The maximum absolute atomic E-state index is 12.8. The van der Waals surface area contributed by atoms with Crippen LogP contribution < -0.4 is 0 Å². The van der Waals surface area contributed by atoms with E-state index in [-0.39, 0.29) is 12.1 Å². The fraction of sp³-hybridized carbons (Fsp3) is 0.692. The summed E-state index contributed by atoms with van der Waals surface area (Å²) in [6.45, 7) is 6.65. The Morgan fingerprint density at radius 1 is 1.55 bits per heavy atom. The van der Waals surface area contributed by atoms with Gasteiger partial charge in [-0.15, -0.1) is 22.9 Å². The number of alkyl halides is 1. The van der Waals surface area contributed by atoms with Crippen LogP contribution in [0.3, 0.4) is 0 Å². The number of rotatable bonds is 4. The molecule has 2 unspecified atom stereocenters. The lowest BCUT2D eigenvalue weighted by Crippen LogP contribution is -2.50. The highest BCUT2D eigenvalue weighted by molar-refractivity contribution is 7.91. The molecular weight excluding hydrogens is 318 g/mol. The van der Waals surface area contributed by atoms with Gasteiger partial charge in [-0.1, -0.05) is 6.92 Å². The van der Waals surface area contributed by atoms with Gasteiger partial charge in [0.15, 0.2) is 0 Å². The number of halogens is 1. The molecule has 1 aromatic rings. The summed E-state index contributed by atoms with van der Waals surface area (Å²) in [6.07, 6.45) is 0.680. The molecule has 0 aromatic carbocycles. The fourth-order valence-corrected chi connectivity index (χ4v) is 6.00. The Hall–Kier alpha value is -0.140. The van der Waals surface area contributed by atoms with Crippen LogP contribution in [0.4, 0.5) is 0 Å². The minimum absolute atomic E-state index is 0.0684. The summed E-state index contributed by atoms with van der Waals surface area (Å²) in [6, 6.07) is 1.64. The zero-order valence-electron chi connectivity index (χ0n) is 11.9. The first-order chi connectivity index (χ1) is 9.40. The summed E-state index contributed by atoms with van der Waals surface area (Å²) in [4.78, 5) is 0.916. The zero-order valence-corrected chi connectivity index (χ0v) is 14.3. The van der Waals surface area contributed by atoms with Gasteiger partial charge in [-0.2, -0.15) is 4.31 Å². The van der Waals surface area contributed by atoms with Crippen LogP contribution in [0.25, 0.3) is 0 Å². The Balaban J connectivity index is 2.36. The average molecular weight is 338 g/mol. The van der Waals surface area contributed by atoms with Crippen molar-refractivity contribution in [3.63, 3.8) is 0 Å². The van der Waals surface area contributed by atoms with E-state index in [1.807, 2.05) is 20.8 Å². The molecule has 1 fully saturated rings. The molecule has 0 aliphatic carbocycles. The molecule has 0 spiro atoms. The van der Waals surface area contributed by atoms with Crippen LogP contribution in [0.1, 0.15) is 30.7 Å². The topological polar surface area (TPSA) is 46.6 Å². The zero-order chi connectivity index (χ0) is 14.9. The molecule has 2 atom stereocenters. The van der Waals surface area contributed by atoms with Crippen molar-refractivity contribution in [1.82, 2.24) is 4.31 Å². The van der Waals surface area contributed by atoms with E-state index in [1.165, 1.54) is 11.3 Å². The van der Waals surface area contributed by atoms with E-state index in [2.05, 4.69) is 0 Å². The van der Waals surface area contributed by atoms with Crippen LogP contribution in [-0.4, -0.2) is 38.0 Å². The molecule has 2 heterocycles. The number of hydrogen-bond acceptors (Lipinski definition) is 4. The fourth-order valence-electron chi connectivity index (χ4n) is 2.29. The lowest BCUT2D eigenvalue weighted by molar-refractivity contribution is -0.0229. The maximum Gasteiger partial charge on any atom is 0.252 e.